The third-order valence-electron chi connectivity index (χ3n) is 2.60. The molecule has 3 rings (SSSR count). The van der Waals surface area contributed by atoms with Crippen LogP contribution in [0.15, 0.2) is 53.1 Å². The van der Waals surface area contributed by atoms with Gasteiger partial charge in [0.15, 0.2) is 0 Å². The minimum atomic E-state index is -0.303. The van der Waals surface area contributed by atoms with Crippen LogP contribution >= 0.6 is 11.6 Å². The molecule has 3 aromatic rings. The molecule has 19 heavy (non-hydrogen) atoms. The van der Waals surface area contributed by atoms with Crippen LogP contribution < -0.4 is 0 Å². The van der Waals surface area contributed by atoms with Crippen LogP contribution in [-0.4, -0.2) is 10.1 Å². The van der Waals surface area contributed by atoms with Gasteiger partial charge >= 0.3 is 0 Å². The molecule has 0 aliphatic heterocycles. The fraction of sp³-hybridized carbons (Fsp3) is 0. The Bertz CT molecular complexity index is 709. The summed E-state index contributed by atoms with van der Waals surface area (Å²) in [5.74, 6) is 0.485. The molecule has 1 heterocycles. The van der Waals surface area contributed by atoms with Crippen molar-refractivity contribution in [2.45, 2.75) is 0 Å². The average molecular weight is 275 g/mol. The van der Waals surface area contributed by atoms with Crippen LogP contribution in [0.2, 0.25) is 5.02 Å². The summed E-state index contributed by atoms with van der Waals surface area (Å²) in [6.07, 6.45) is 0. The summed E-state index contributed by atoms with van der Waals surface area (Å²) >= 11 is 5.90. The molecule has 0 amide bonds. The fourth-order valence-electron chi connectivity index (χ4n) is 1.68. The smallest absolute Gasteiger partial charge is 0.258 e. The highest BCUT2D eigenvalue weighted by Crippen LogP contribution is 2.24. The van der Waals surface area contributed by atoms with Crippen molar-refractivity contribution in [3.63, 3.8) is 0 Å². The number of halogens is 2. The highest BCUT2D eigenvalue weighted by atomic mass is 35.5. The molecule has 0 aliphatic rings. The van der Waals surface area contributed by atoms with Crippen LogP contribution in [0, 0.1) is 5.82 Å². The van der Waals surface area contributed by atoms with Crippen LogP contribution in [0.1, 0.15) is 0 Å². The van der Waals surface area contributed by atoms with Gasteiger partial charge in [-0.2, -0.15) is 4.98 Å². The lowest BCUT2D eigenvalue weighted by atomic mass is 10.2. The molecular weight excluding hydrogens is 267 g/mol. The van der Waals surface area contributed by atoms with E-state index in [-0.39, 0.29) is 5.82 Å². The van der Waals surface area contributed by atoms with Gasteiger partial charge < -0.3 is 4.52 Å². The first-order valence-electron chi connectivity index (χ1n) is 5.58. The molecule has 0 unspecified atom stereocenters. The van der Waals surface area contributed by atoms with Gasteiger partial charge in [0.25, 0.3) is 5.89 Å². The third kappa shape index (κ3) is 2.48. The molecule has 94 valence electrons. The van der Waals surface area contributed by atoms with Gasteiger partial charge in [-0.15, -0.1) is 0 Å². The molecular formula is C14H8ClFN2O. The van der Waals surface area contributed by atoms with Crippen molar-refractivity contribution in [2.24, 2.45) is 0 Å². The Kier molecular flexibility index (Phi) is 3.01. The second-order valence-electron chi connectivity index (χ2n) is 3.94. The van der Waals surface area contributed by atoms with Crippen LogP contribution in [0.25, 0.3) is 22.8 Å². The summed E-state index contributed by atoms with van der Waals surface area (Å²) < 4.78 is 18.0. The summed E-state index contributed by atoms with van der Waals surface area (Å²) in [6.45, 7) is 0. The quantitative estimate of drug-likeness (QED) is 0.703. The molecule has 3 nitrogen and oxygen atoms in total. The fourth-order valence-corrected chi connectivity index (χ4v) is 1.87. The maximum Gasteiger partial charge on any atom is 0.258 e. The molecule has 0 radical (unpaired) electrons. The molecule has 0 aliphatic carbocycles. The molecule has 1 aromatic heterocycles. The Morgan fingerprint density at radius 3 is 2.53 bits per heavy atom. The summed E-state index contributed by atoms with van der Waals surface area (Å²) in [5.41, 5.74) is 1.44. The molecule has 0 atom stereocenters. The van der Waals surface area contributed by atoms with Gasteiger partial charge in [0, 0.05) is 16.1 Å². The van der Waals surface area contributed by atoms with Gasteiger partial charge in [-0.05, 0) is 42.5 Å². The maximum absolute atomic E-state index is 12.8. The second kappa shape index (κ2) is 4.82. The monoisotopic (exact) mass is 274 g/mol. The zero-order valence-electron chi connectivity index (χ0n) is 9.68. The highest BCUT2D eigenvalue weighted by Gasteiger charge is 2.10. The van der Waals surface area contributed by atoms with Crippen molar-refractivity contribution >= 4 is 11.6 Å². The Labute approximate surface area is 113 Å². The van der Waals surface area contributed by atoms with E-state index in [0.29, 0.717) is 22.3 Å². The lowest BCUT2D eigenvalue weighted by Gasteiger charge is -1.94. The number of nitrogens with zero attached hydrogens (tertiary/aromatic N) is 2. The molecule has 0 fully saturated rings. The van der Waals surface area contributed by atoms with Gasteiger partial charge in [0.05, 0.1) is 0 Å². The van der Waals surface area contributed by atoms with E-state index in [4.69, 9.17) is 16.1 Å². The predicted octanol–water partition coefficient (Wildman–Crippen LogP) is 4.20. The number of hydrogen-bond acceptors (Lipinski definition) is 3. The highest BCUT2D eigenvalue weighted by molar-refractivity contribution is 6.30. The number of rotatable bonds is 2. The number of hydrogen-bond donors (Lipinski definition) is 0. The molecule has 5 heteroatoms. The van der Waals surface area contributed by atoms with Crippen LogP contribution in [-0.2, 0) is 0 Å². The van der Waals surface area contributed by atoms with E-state index in [0.717, 1.165) is 5.56 Å². The standard InChI is InChI=1S/C14H8ClFN2O/c15-11-3-1-2-10(8-11)14-17-13(18-19-14)9-4-6-12(16)7-5-9/h1-8H. The van der Waals surface area contributed by atoms with Gasteiger partial charge in [0.1, 0.15) is 5.82 Å². The topological polar surface area (TPSA) is 38.9 Å². The first kappa shape index (κ1) is 11.9. The summed E-state index contributed by atoms with van der Waals surface area (Å²) in [4.78, 5) is 4.26. The third-order valence-corrected chi connectivity index (χ3v) is 2.84. The Hall–Kier alpha value is -2.20. The zero-order valence-corrected chi connectivity index (χ0v) is 10.4. The second-order valence-corrected chi connectivity index (χ2v) is 4.38. The first-order chi connectivity index (χ1) is 9.22. The Morgan fingerprint density at radius 1 is 1.00 bits per heavy atom. The largest absolute Gasteiger partial charge is 0.334 e. The van der Waals surface area contributed by atoms with Gasteiger partial charge in [-0.25, -0.2) is 4.39 Å². The van der Waals surface area contributed by atoms with Crippen molar-refractivity contribution < 1.29 is 8.91 Å². The summed E-state index contributed by atoms with van der Waals surface area (Å²) in [6, 6.07) is 13.0. The van der Waals surface area contributed by atoms with Crippen molar-refractivity contribution in [3.05, 3.63) is 59.4 Å². The van der Waals surface area contributed by atoms with E-state index in [9.17, 15) is 4.39 Å². The van der Waals surface area contributed by atoms with Crippen LogP contribution in [0.5, 0.6) is 0 Å². The van der Waals surface area contributed by atoms with Gasteiger partial charge in [-0.3, -0.25) is 0 Å². The number of aromatic nitrogens is 2. The van der Waals surface area contributed by atoms with E-state index >= 15 is 0 Å². The zero-order chi connectivity index (χ0) is 13.2. The molecule has 0 N–H and O–H groups in total. The van der Waals surface area contributed by atoms with E-state index in [2.05, 4.69) is 10.1 Å². The van der Waals surface area contributed by atoms with Crippen molar-refractivity contribution in [1.29, 1.82) is 0 Å². The minimum Gasteiger partial charge on any atom is -0.334 e. The van der Waals surface area contributed by atoms with Crippen LogP contribution in [0.4, 0.5) is 4.39 Å². The average Bonchev–Trinajstić information content (AvgIpc) is 2.89. The van der Waals surface area contributed by atoms with Crippen molar-refractivity contribution in [1.82, 2.24) is 10.1 Å². The normalized spacial score (nSPS) is 10.6. The van der Waals surface area contributed by atoms with E-state index < -0.39 is 0 Å². The number of benzene rings is 2. The Morgan fingerprint density at radius 2 is 1.79 bits per heavy atom. The van der Waals surface area contributed by atoms with Gasteiger partial charge in [-0.1, -0.05) is 22.8 Å². The van der Waals surface area contributed by atoms with Crippen molar-refractivity contribution in [2.75, 3.05) is 0 Å². The van der Waals surface area contributed by atoms with Crippen LogP contribution in [0.3, 0.4) is 0 Å². The summed E-state index contributed by atoms with van der Waals surface area (Å²) in [7, 11) is 0. The summed E-state index contributed by atoms with van der Waals surface area (Å²) in [5, 5.41) is 4.47. The maximum atomic E-state index is 12.8. The molecule has 0 saturated carbocycles. The van der Waals surface area contributed by atoms with E-state index in [1.165, 1.54) is 12.1 Å². The lowest BCUT2D eigenvalue weighted by molar-refractivity contribution is 0.432. The molecule has 0 bridgehead atoms. The molecule has 0 saturated heterocycles. The van der Waals surface area contributed by atoms with E-state index in [1.54, 1.807) is 30.3 Å². The lowest BCUT2D eigenvalue weighted by Crippen LogP contribution is -1.82. The van der Waals surface area contributed by atoms with Crippen molar-refractivity contribution in [3.8, 4) is 22.8 Å². The molecule has 0 spiro atoms. The first-order valence-corrected chi connectivity index (χ1v) is 5.96. The van der Waals surface area contributed by atoms with Gasteiger partial charge in [0.2, 0.25) is 5.82 Å². The molecule has 2 aromatic carbocycles. The minimum absolute atomic E-state index is 0.303. The van der Waals surface area contributed by atoms with E-state index in [1.807, 2.05) is 6.07 Å². The predicted molar refractivity (Wildman–Crippen MR) is 70.1 cm³/mol. The Balaban J connectivity index is 1.97. The SMILES string of the molecule is Fc1ccc(-c2noc(-c3cccc(Cl)c3)n2)cc1.